The molecule has 29 heavy (non-hydrogen) atoms. The number of aliphatic imine (C=N–C) groups is 1. The van der Waals surface area contributed by atoms with Gasteiger partial charge in [-0.2, -0.15) is 0 Å². The first-order chi connectivity index (χ1) is 13.8. The molecular weight excluding hydrogens is 370 g/mol. The van der Waals surface area contributed by atoms with Crippen LogP contribution in [-0.4, -0.2) is 60.3 Å². The Morgan fingerprint density at radius 3 is 2.90 bits per heavy atom. The molecule has 1 aromatic heterocycles. The Kier molecular flexibility index (Phi) is 8.54. The number of nitrogens with zero attached hydrogens (tertiary/aromatic N) is 3. The highest BCUT2D eigenvalue weighted by Crippen LogP contribution is 2.16. The van der Waals surface area contributed by atoms with Gasteiger partial charge in [-0.1, -0.05) is 19.4 Å². The minimum Gasteiger partial charge on any atom is -0.477 e. The molecule has 0 aliphatic carbocycles. The van der Waals surface area contributed by atoms with Crippen molar-refractivity contribution < 1.29 is 14.3 Å². The quantitative estimate of drug-likeness (QED) is 0.412. The molecule has 0 bridgehead atoms. The van der Waals surface area contributed by atoms with E-state index < -0.39 is 5.60 Å². The zero-order valence-corrected chi connectivity index (χ0v) is 18.3. The summed E-state index contributed by atoms with van der Waals surface area (Å²) < 4.78 is 11.1. The molecule has 0 radical (unpaired) electrons. The summed E-state index contributed by atoms with van der Waals surface area (Å²) in [5.74, 6) is 1.46. The number of carbonyl (C=O) groups is 1. The van der Waals surface area contributed by atoms with E-state index in [1.165, 1.54) is 0 Å². The van der Waals surface area contributed by atoms with Gasteiger partial charge in [0.25, 0.3) is 0 Å². The summed E-state index contributed by atoms with van der Waals surface area (Å²) in [7, 11) is 1.76. The number of likely N-dealkylation sites (tertiary alicyclic amines) is 1. The SMILES string of the molecule is CCCCOc1ncccc1CNC(=NC)N1CCC(NC(=O)OC(C)(C)C)C1. The van der Waals surface area contributed by atoms with Crippen LogP contribution >= 0.6 is 0 Å². The zero-order valence-electron chi connectivity index (χ0n) is 18.3. The van der Waals surface area contributed by atoms with Crippen molar-refractivity contribution in [2.75, 3.05) is 26.7 Å². The second kappa shape index (κ2) is 10.9. The molecule has 8 nitrogen and oxygen atoms in total. The molecule has 8 heteroatoms. The Hall–Kier alpha value is -2.51. The van der Waals surface area contributed by atoms with Crippen LogP contribution in [0.1, 0.15) is 52.5 Å². The van der Waals surface area contributed by atoms with Crippen molar-refractivity contribution in [2.45, 2.75) is 65.1 Å². The van der Waals surface area contributed by atoms with Crippen molar-refractivity contribution in [3.63, 3.8) is 0 Å². The van der Waals surface area contributed by atoms with Gasteiger partial charge in [0.05, 0.1) is 12.6 Å². The van der Waals surface area contributed by atoms with Crippen molar-refractivity contribution in [2.24, 2.45) is 4.99 Å². The highest BCUT2D eigenvalue weighted by atomic mass is 16.6. The summed E-state index contributed by atoms with van der Waals surface area (Å²) in [4.78, 5) is 22.9. The van der Waals surface area contributed by atoms with E-state index in [9.17, 15) is 4.79 Å². The maximum atomic E-state index is 12.0. The number of carbonyl (C=O) groups excluding carboxylic acids is 1. The maximum Gasteiger partial charge on any atom is 0.407 e. The second-order valence-corrected chi connectivity index (χ2v) is 8.15. The fourth-order valence-electron chi connectivity index (χ4n) is 3.05. The summed E-state index contributed by atoms with van der Waals surface area (Å²) in [5, 5.41) is 6.32. The molecule has 2 heterocycles. The first-order valence-electron chi connectivity index (χ1n) is 10.3. The van der Waals surface area contributed by atoms with E-state index in [-0.39, 0.29) is 12.1 Å². The number of rotatable bonds is 7. The summed E-state index contributed by atoms with van der Waals surface area (Å²) in [5.41, 5.74) is 0.494. The lowest BCUT2D eigenvalue weighted by atomic mass is 10.2. The highest BCUT2D eigenvalue weighted by Gasteiger charge is 2.27. The first kappa shape index (κ1) is 22.8. The van der Waals surface area contributed by atoms with Crippen LogP contribution < -0.4 is 15.4 Å². The first-order valence-corrected chi connectivity index (χ1v) is 10.3. The number of amides is 1. The number of ether oxygens (including phenoxy) is 2. The standard InChI is InChI=1S/C21H35N5O3/c1-6-7-13-28-18-16(9-8-11-23-18)14-24-19(22-5)26-12-10-17(15-26)25-20(27)29-21(2,3)4/h8-9,11,17H,6-7,10,12-15H2,1-5H3,(H,22,24)(H,25,27). The average Bonchev–Trinajstić information content (AvgIpc) is 3.10. The molecule has 0 saturated carbocycles. The summed E-state index contributed by atoms with van der Waals surface area (Å²) in [6.45, 7) is 10.4. The molecule has 0 spiro atoms. The average molecular weight is 406 g/mol. The molecule has 0 aromatic carbocycles. The van der Waals surface area contributed by atoms with Gasteiger partial charge in [-0.3, -0.25) is 4.99 Å². The Bertz CT molecular complexity index is 687. The minimum absolute atomic E-state index is 0.0368. The van der Waals surface area contributed by atoms with E-state index in [2.05, 4.69) is 32.4 Å². The van der Waals surface area contributed by atoms with Gasteiger partial charge in [0, 0.05) is 38.4 Å². The molecule has 1 fully saturated rings. The molecule has 1 aliphatic rings. The lowest BCUT2D eigenvalue weighted by molar-refractivity contribution is 0.0507. The van der Waals surface area contributed by atoms with Gasteiger partial charge >= 0.3 is 6.09 Å². The number of hydrogen-bond donors (Lipinski definition) is 2. The number of alkyl carbamates (subject to hydrolysis) is 1. The van der Waals surface area contributed by atoms with E-state index in [0.29, 0.717) is 25.6 Å². The maximum absolute atomic E-state index is 12.0. The summed E-state index contributed by atoms with van der Waals surface area (Å²) >= 11 is 0. The topological polar surface area (TPSA) is 88.1 Å². The molecule has 2 N–H and O–H groups in total. The Balaban J connectivity index is 1.86. The van der Waals surface area contributed by atoms with E-state index in [4.69, 9.17) is 9.47 Å². The molecule has 1 aliphatic heterocycles. The lowest BCUT2D eigenvalue weighted by Gasteiger charge is -2.23. The van der Waals surface area contributed by atoms with Crippen LogP contribution in [0.3, 0.4) is 0 Å². The van der Waals surface area contributed by atoms with Gasteiger partial charge in [-0.25, -0.2) is 9.78 Å². The second-order valence-electron chi connectivity index (χ2n) is 8.15. The van der Waals surface area contributed by atoms with Crippen LogP contribution in [0.4, 0.5) is 4.79 Å². The summed E-state index contributed by atoms with van der Waals surface area (Å²) in [6, 6.07) is 3.95. The van der Waals surface area contributed by atoms with Crippen molar-refractivity contribution in [1.29, 1.82) is 0 Å². The fourth-order valence-corrected chi connectivity index (χ4v) is 3.05. The van der Waals surface area contributed by atoms with Crippen molar-refractivity contribution in [3.8, 4) is 5.88 Å². The van der Waals surface area contributed by atoms with E-state index in [1.807, 2.05) is 32.9 Å². The predicted molar refractivity (Wildman–Crippen MR) is 114 cm³/mol. The number of hydrogen-bond acceptors (Lipinski definition) is 5. The third-order valence-corrected chi connectivity index (χ3v) is 4.44. The minimum atomic E-state index is -0.499. The van der Waals surface area contributed by atoms with Crippen LogP contribution in [0, 0.1) is 0 Å². The monoisotopic (exact) mass is 405 g/mol. The fraction of sp³-hybridized carbons (Fsp3) is 0.667. The van der Waals surface area contributed by atoms with Crippen LogP contribution in [0.5, 0.6) is 5.88 Å². The smallest absolute Gasteiger partial charge is 0.407 e. The lowest BCUT2D eigenvalue weighted by Crippen LogP contribution is -2.44. The number of aromatic nitrogens is 1. The number of pyridine rings is 1. The van der Waals surface area contributed by atoms with Gasteiger partial charge in [-0.05, 0) is 39.7 Å². The van der Waals surface area contributed by atoms with Crippen molar-refractivity contribution >= 4 is 12.1 Å². The predicted octanol–water partition coefficient (Wildman–Crippen LogP) is 2.93. The zero-order chi connectivity index (χ0) is 21.3. The van der Waals surface area contributed by atoms with Crippen LogP contribution in [-0.2, 0) is 11.3 Å². The van der Waals surface area contributed by atoms with Crippen LogP contribution in [0.25, 0.3) is 0 Å². The number of nitrogens with one attached hydrogen (secondary N) is 2. The third-order valence-electron chi connectivity index (χ3n) is 4.44. The largest absolute Gasteiger partial charge is 0.477 e. The number of guanidine groups is 1. The molecule has 2 rings (SSSR count). The van der Waals surface area contributed by atoms with Crippen molar-refractivity contribution in [3.05, 3.63) is 23.9 Å². The molecular formula is C21H35N5O3. The van der Waals surface area contributed by atoms with Crippen LogP contribution in [0.15, 0.2) is 23.3 Å². The highest BCUT2D eigenvalue weighted by molar-refractivity contribution is 5.80. The van der Waals surface area contributed by atoms with Gasteiger partial charge < -0.3 is 25.0 Å². The molecule has 1 amide bonds. The molecule has 162 valence electrons. The van der Waals surface area contributed by atoms with E-state index >= 15 is 0 Å². The van der Waals surface area contributed by atoms with Crippen LogP contribution in [0.2, 0.25) is 0 Å². The van der Waals surface area contributed by atoms with Gasteiger partial charge in [-0.15, -0.1) is 0 Å². The van der Waals surface area contributed by atoms with Gasteiger partial charge in [0.1, 0.15) is 5.60 Å². The molecule has 1 atom stereocenters. The van der Waals surface area contributed by atoms with E-state index in [0.717, 1.165) is 37.3 Å². The Morgan fingerprint density at radius 1 is 1.41 bits per heavy atom. The normalized spacial score (nSPS) is 17.2. The third kappa shape index (κ3) is 7.79. The molecule has 1 saturated heterocycles. The number of unbranched alkanes of at least 4 members (excludes halogenated alkanes) is 1. The summed E-state index contributed by atoms with van der Waals surface area (Å²) in [6.07, 6.45) is 4.30. The van der Waals surface area contributed by atoms with Gasteiger partial charge in [0.15, 0.2) is 5.96 Å². The molecule has 1 aromatic rings. The Morgan fingerprint density at radius 2 is 2.21 bits per heavy atom. The van der Waals surface area contributed by atoms with E-state index in [1.54, 1.807) is 13.2 Å². The van der Waals surface area contributed by atoms with Crippen molar-refractivity contribution in [1.82, 2.24) is 20.5 Å². The Labute approximate surface area is 174 Å². The molecule has 1 unspecified atom stereocenters. The van der Waals surface area contributed by atoms with Gasteiger partial charge in [0.2, 0.25) is 5.88 Å².